The van der Waals surface area contributed by atoms with Gasteiger partial charge in [0.15, 0.2) is 0 Å². The maximum absolute atomic E-state index is 13.1. The Hall–Kier alpha value is -2.90. The van der Waals surface area contributed by atoms with Crippen molar-refractivity contribution in [3.05, 3.63) is 100 Å². The molecule has 0 unspecified atom stereocenters. The van der Waals surface area contributed by atoms with Gasteiger partial charge in [-0.1, -0.05) is 35.9 Å². The number of sulfonamides is 1. The first kappa shape index (κ1) is 22.8. The van der Waals surface area contributed by atoms with E-state index in [9.17, 15) is 17.6 Å². The first-order valence-electron chi connectivity index (χ1n) is 9.45. The molecule has 0 N–H and O–H groups in total. The molecule has 0 aliphatic rings. The van der Waals surface area contributed by atoms with Crippen molar-refractivity contribution >= 4 is 33.2 Å². The van der Waals surface area contributed by atoms with Gasteiger partial charge in [-0.15, -0.1) is 0 Å². The lowest BCUT2D eigenvalue weighted by atomic mass is 10.1. The summed E-state index contributed by atoms with van der Waals surface area (Å²) in [5.41, 5.74) is 2.45. The van der Waals surface area contributed by atoms with Crippen LogP contribution in [0.15, 0.2) is 72.8 Å². The molecule has 0 fully saturated rings. The monoisotopic (exact) mass is 460 g/mol. The molecule has 0 atom stereocenters. The minimum Gasteiger partial charge on any atom is -0.337 e. The van der Waals surface area contributed by atoms with Crippen molar-refractivity contribution in [3.8, 4) is 0 Å². The van der Waals surface area contributed by atoms with Gasteiger partial charge in [0.2, 0.25) is 10.0 Å². The fourth-order valence-corrected chi connectivity index (χ4v) is 4.10. The number of carbonyl (C=O) groups excluding carboxylic acids is 1. The topological polar surface area (TPSA) is 57.7 Å². The van der Waals surface area contributed by atoms with Crippen LogP contribution in [0, 0.1) is 5.82 Å². The molecule has 0 radical (unpaired) electrons. The van der Waals surface area contributed by atoms with Crippen LogP contribution in [-0.2, 0) is 23.1 Å². The van der Waals surface area contributed by atoms with Gasteiger partial charge in [-0.3, -0.25) is 9.10 Å². The van der Waals surface area contributed by atoms with Crippen molar-refractivity contribution in [2.45, 2.75) is 13.1 Å². The van der Waals surface area contributed by atoms with E-state index in [0.717, 1.165) is 11.8 Å². The number of hydrogen-bond donors (Lipinski definition) is 0. The van der Waals surface area contributed by atoms with Gasteiger partial charge in [0.05, 0.1) is 18.5 Å². The van der Waals surface area contributed by atoms with Crippen molar-refractivity contribution in [1.29, 1.82) is 0 Å². The summed E-state index contributed by atoms with van der Waals surface area (Å²) in [7, 11) is -1.89. The first-order chi connectivity index (χ1) is 14.6. The molecule has 5 nitrogen and oxygen atoms in total. The van der Waals surface area contributed by atoms with E-state index in [2.05, 4.69) is 0 Å². The fraction of sp³-hybridized carbons (Fsp3) is 0.174. The Kier molecular flexibility index (Phi) is 6.97. The molecule has 0 heterocycles. The van der Waals surface area contributed by atoms with Crippen LogP contribution in [0.4, 0.5) is 10.1 Å². The number of benzene rings is 3. The highest BCUT2D eigenvalue weighted by Crippen LogP contribution is 2.22. The highest BCUT2D eigenvalue weighted by molar-refractivity contribution is 7.92. The van der Waals surface area contributed by atoms with Crippen molar-refractivity contribution in [3.63, 3.8) is 0 Å². The van der Waals surface area contributed by atoms with E-state index in [1.807, 2.05) is 12.1 Å². The highest BCUT2D eigenvalue weighted by atomic mass is 35.5. The number of anilines is 1. The Morgan fingerprint density at radius 2 is 1.39 bits per heavy atom. The molecular weight excluding hydrogens is 439 g/mol. The maximum Gasteiger partial charge on any atom is 0.253 e. The van der Waals surface area contributed by atoms with Crippen LogP contribution >= 0.6 is 11.6 Å². The molecule has 0 spiro atoms. The second kappa shape index (κ2) is 9.49. The van der Waals surface area contributed by atoms with Gasteiger partial charge in [0.25, 0.3) is 5.91 Å². The minimum absolute atomic E-state index is 0.0584. The van der Waals surface area contributed by atoms with Gasteiger partial charge in [-0.25, -0.2) is 12.8 Å². The van der Waals surface area contributed by atoms with Gasteiger partial charge in [0.1, 0.15) is 5.82 Å². The van der Waals surface area contributed by atoms with E-state index in [4.69, 9.17) is 11.6 Å². The SMILES string of the molecule is CN(Cc1ccc(Cl)cc1)C(=O)c1ccc(N(Cc2ccc(F)cc2)S(C)(=O)=O)cc1. The summed E-state index contributed by atoms with van der Waals surface area (Å²) >= 11 is 5.89. The summed E-state index contributed by atoms with van der Waals surface area (Å²) in [6.07, 6.45) is 1.11. The van der Waals surface area contributed by atoms with Gasteiger partial charge in [-0.05, 0) is 59.7 Å². The van der Waals surface area contributed by atoms with Crippen molar-refractivity contribution < 1.29 is 17.6 Å². The molecule has 0 saturated heterocycles. The fourth-order valence-electron chi connectivity index (χ4n) is 3.08. The van der Waals surface area contributed by atoms with E-state index >= 15 is 0 Å². The predicted octanol–water partition coefficient (Wildman–Crippen LogP) is 4.72. The summed E-state index contributed by atoms with van der Waals surface area (Å²) in [6, 6.07) is 19.3. The van der Waals surface area contributed by atoms with Crippen LogP contribution in [-0.4, -0.2) is 32.5 Å². The van der Waals surface area contributed by atoms with E-state index in [0.29, 0.717) is 28.4 Å². The van der Waals surface area contributed by atoms with Gasteiger partial charge >= 0.3 is 0 Å². The molecule has 0 bridgehead atoms. The smallest absolute Gasteiger partial charge is 0.253 e. The highest BCUT2D eigenvalue weighted by Gasteiger charge is 2.19. The third kappa shape index (κ3) is 6.06. The zero-order valence-corrected chi connectivity index (χ0v) is 18.7. The number of amides is 1. The standard InChI is InChI=1S/C23H22ClFN2O3S/c1-26(15-17-3-9-20(24)10-4-17)23(28)19-7-13-22(14-8-19)27(31(2,29)30)16-18-5-11-21(25)12-6-18/h3-14H,15-16H2,1-2H3. The molecule has 162 valence electrons. The molecule has 0 aliphatic heterocycles. The Morgan fingerprint density at radius 1 is 0.871 bits per heavy atom. The van der Waals surface area contributed by atoms with Crippen molar-refractivity contribution in [1.82, 2.24) is 4.90 Å². The van der Waals surface area contributed by atoms with E-state index in [1.54, 1.807) is 48.3 Å². The number of halogens is 2. The number of nitrogens with zero attached hydrogens (tertiary/aromatic N) is 2. The lowest BCUT2D eigenvalue weighted by Crippen LogP contribution is -2.29. The number of hydrogen-bond acceptors (Lipinski definition) is 3. The van der Waals surface area contributed by atoms with Crippen LogP contribution in [0.2, 0.25) is 5.02 Å². The summed E-state index contributed by atoms with van der Waals surface area (Å²) in [6.45, 7) is 0.473. The van der Waals surface area contributed by atoms with Crippen molar-refractivity contribution in [2.75, 3.05) is 17.6 Å². The molecule has 3 rings (SSSR count). The zero-order chi connectivity index (χ0) is 22.6. The molecule has 0 saturated carbocycles. The summed E-state index contributed by atoms with van der Waals surface area (Å²) < 4.78 is 39.0. The maximum atomic E-state index is 13.1. The Balaban J connectivity index is 1.76. The largest absolute Gasteiger partial charge is 0.337 e. The number of rotatable bonds is 7. The van der Waals surface area contributed by atoms with Gasteiger partial charge < -0.3 is 4.90 Å². The van der Waals surface area contributed by atoms with Crippen LogP contribution in [0.1, 0.15) is 21.5 Å². The van der Waals surface area contributed by atoms with E-state index in [-0.39, 0.29) is 18.3 Å². The molecule has 31 heavy (non-hydrogen) atoms. The third-order valence-electron chi connectivity index (χ3n) is 4.72. The third-order valence-corrected chi connectivity index (χ3v) is 6.11. The summed E-state index contributed by atoms with van der Waals surface area (Å²) in [5.74, 6) is -0.578. The van der Waals surface area contributed by atoms with Gasteiger partial charge in [0, 0.05) is 24.2 Å². The molecule has 3 aromatic carbocycles. The molecule has 3 aromatic rings. The first-order valence-corrected chi connectivity index (χ1v) is 11.7. The van der Waals surface area contributed by atoms with Crippen LogP contribution in [0.3, 0.4) is 0 Å². The van der Waals surface area contributed by atoms with Crippen molar-refractivity contribution in [2.24, 2.45) is 0 Å². The molecule has 8 heteroatoms. The predicted molar refractivity (Wildman–Crippen MR) is 121 cm³/mol. The Bertz CT molecular complexity index is 1150. The molecule has 1 amide bonds. The second-order valence-electron chi connectivity index (χ2n) is 7.23. The number of carbonyl (C=O) groups is 1. The lowest BCUT2D eigenvalue weighted by Gasteiger charge is -2.23. The quantitative estimate of drug-likeness (QED) is 0.512. The molecule has 0 aliphatic carbocycles. The second-order valence-corrected chi connectivity index (χ2v) is 9.57. The lowest BCUT2D eigenvalue weighted by molar-refractivity contribution is 0.0785. The van der Waals surface area contributed by atoms with Crippen LogP contribution < -0.4 is 4.31 Å². The van der Waals surface area contributed by atoms with E-state index in [1.165, 1.54) is 28.6 Å². The Morgan fingerprint density at radius 3 is 1.94 bits per heavy atom. The summed E-state index contributed by atoms with van der Waals surface area (Å²) in [5, 5.41) is 0.629. The average Bonchev–Trinajstić information content (AvgIpc) is 2.73. The normalized spacial score (nSPS) is 11.2. The zero-order valence-electron chi connectivity index (χ0n) is 17.1. The average molecular weight is 461 g/mol. The van der Waals surface area contributed by atoms with Crippen LogP contribution in [0.5, 0.6) is 0 Å². The minimum atomic E-state index is -3.59. The van der Waals surface area contributed by atoms with Gasteiger partial charge in [-0.2, -0.15) is 0 Å². The van der Waals surface area contributed by atoms with Crippen LogP contribution in [0.25, 0.3) is 0 Å². The molecular formula is C23H22ClFN2O3S. The molecule has 0 aromatic heterocycles. The summed E-state index contributed by atoms with van der Waals surface area (Å²) in [4.78, 5) is 14.3. The van der Waals surface area contributed by atoms with E-state index < -0.39 is 10.0 Å². The Labute approximate surface area is 186 Å².